The van der Waals surface area contributed by atoms with E-state index in [4.69, 9.17) is 9.47 Å². The molecule has 5 rings (SSSR count). The van der Waals surface area contributed by atoms with E-state index in [1.54, 1.807) is 18.3 Å². The lowest BCUT2D eigenvalue weighted by molar-refractivity contribution is -0.129. The van der Waals surface area contributed by atoms with Gasteiger partial charge in [-0.05, 0) is 37.0 Å². The van der Waals surface area contributed by atoms with Crippen LogP contribution in [0.3, 0.4) is 0 Å². The van der Waals surface area contributed by atoms with Crippen molar-refractivity contribution in [2.75, 3.05) is 19.8 Å². The van der Waals surface area contributed by atoms with Crippen LogP contribution in [0.1, 0.15) is 41.3 Å². The van der Waals surface area contributed by atoms with Crippen molar-refractivity contribution in [1.29, 1.82) is 0 Å². The first-order chi connectivity index (χ1) is 12.7. The van der Waals surface area contributed by atoms with Crippen LogP contribution in [0.15, 0.2) is 42.6 Å². The van der Waals surface area contributed by atoms with Crippen molar-refractivity contribution >= 4 is 5.78 Å². The molecule has 1 N–H and O–H groups in total. The number of carbonyl (C=O) groups is 1. The third kappa shape index (κ3) is 3.37. The number of rotatable bonds is 6. The van der Waals surface area contributed by atoms with Crippen molar-refractivity contribution < 1.29 is 14.3 Å². The van der Waals surface area contributed by atoms with Crippen LogP contribution in [0.5, 0.6) is 5.88 Å². The highest BCUT2D eigenvalue weighted by Crippen LogP contribution is 2.38. The van der Waals surface area contributed by atoms with Gasteiger partial charge in [0.25, 0.3) is 0 Å². The molecule has 3 saturated heterocycles. The minimum Gasteiger partial charge on any atom is -0.478 e. The quantitative estimate of drug-likeness (QED) is 0.810. The number of nitrogens with one attached hydrogen (secondary N) is 1. The molecule has 3 aliphatic rings. The summed E-state index contributed by atoms with van der Waals surface area (Å²) >= 11 is 0. The lowest BCUT2D eigenvalue weighted by atomic mass is 9.81. The van der Waals surface area contributed by atoms with Crippen LogP contribution in [0.2, 0.25) is 0 Å². The van der Waals surface area contributed by atoms with Gasteiger partial charge in [0.05, 0.1) is 13.2 Å². The van der Waals surface area contributed by atoms with Crippen molar-refractivity contribution in [3.05, 3.63) is 59.3 Å². The maximum Gasteiger partial charge on any atom is 0.213 e. The number of ketones is 1. The zero-order valence-electron chi connectivity index (χ0n) is 15.0. The normalized spacial score (nSPS) is 24.4. The lowest BCUT2D eigenvalue weighted by Gasteiger charge is -2.47. The average Bonchev–Trinajstić information content (AvgIpc) is 2.71. The Balaban J connectivity index is 1.43. The first kappa shape index (κ1) is 17.2. The number of aromatic nitrogens is 1. The molecule has 0 spiro atoms. The van der Waals surface area contributed by atoms with Gasteiger partial charge in [-0.1, -0.05) is 24.3 Å². The Morgan fingerprint density at radius 3 is 2.73 bits per heavy atom. The standard InChI is InChI=1S/C21H24N2O3/c1-2-25-20-8-5-16(12-22-20)19(24)11-15-3-6-17(7-4-15)21-10-9-18(13-26-21)23-14-21/h3-8,12,18,23H,2,9-11,13-14H2,1H3. The van der Waals surface area contributed by atoms with Crippen molar-refractivity contribution in [3.63, 3.8) is 0 Å². The topological polar surface area (TPSA) is 60.5 Å². The zero-order valence-corrected chi connectivity index (χ0v) is 15.0. The van der Waals surface area contributed by atoms with E-state index in [0.717, 1.165) is 31.6 Å². The number of pyridine rings is 1. The Morgan fingerprint density at radius 2 is 2.15 bits per heavy atom. The van der Waals surface area contributed by atoms with Gasteiger partial charge in [-0.15, -0.1) is 0 Å². The van der Waals surface area contributed by atoms with E-state index in [1.807, 2.05) is 19.1 Å². The van der Waals surface area contributed by atoms with Gasteiger partial charge in [0, 0.05) is 36.8 Å². The second-order valence-corrected chi connectivity index (χ2v) is 7.04. The minimum absolute atomic E-state index is 0.0579. The maximum atomic E-state index is 12.5. The van der Waals surface area contributed by atoms with Crippen molar-refractivity contribution in [3.8, 4) is 5.88 Å². The molecule has 3 aliphatic heterocycles. The Morgan fingerprint density at radius 1 is 1.31 bits per heavy atom. The summed E-state index contributed by atoms with van der Waals surface area (Å²) in [6, 6.07) is 12.3. The average molecular weight is 352 g/mol. The number of nitrogens with zero attached hydrogens (tertiary/aromatic N) is 1. The van der Waals surface area contributed by atoms with E-state index in [2.05, 4.69) is 22.4 Å². The Hall–Kier alpha value is -2.24. The van der Waals surface area contributed by atoms with Gasteiger partial charge in [0.1, 0.15) is 5.60 Å². The van der Waals surface area contributed by atoms with Gasteiger partial charge in [0.15, 0.2) is 5.78 Å². The summed E-state index contributed by atoms with van der Waals surface area (Å²) in [6.45, 7) is 4.12. The molecule has 0 saturated carbocycles. The fourth-order valence-electron chi connectivity index (χ4n) is 3.75. The number of hydrogen-bond donors (Lipinski definition) is 1. The monoisotopic (exact) mass is 352 g/mol. The number of piperidine rings is 1. The van der Waals surface area contributed by atoms with Crippen LogP contribution in [0.4, 0.5) is 0 Å². The summed E-state index contributed by atoms with van der Waals surface area (Å²) in [5.41, 5.74) is 2.61. The van der Waals surface area contributed by atoms with E-state index in [-0.39, 0.29) is 11.4 Å². The van der Waals surface area contributed by atoms with Crippen molar-refractivity contribution in [1.82, 2.24) is 10.3 Å². The van der Waals surface area contributed by atoms with E-state index >= 15 is 0 Å². The van der Waals surface area contributed by atoms with E-state index in [1.165, 1.54) is 5.56 Å². The number of hydrogen-bond acceptors (Lipinski definition) is 5. The summed E-state index contributed by atoms with van der Waals surface area (Å²) in [4.78, 5) is 16.6. The van der Waals surface area contributed by atoms with Crippen molar-refractivity contribution in [2.24, 2.45) is 0 Å². The third-order valence-electron chi connectivity index (χ3n) is 5.33. The lowest BCUT2D eigenvalue weighted by Crippen LogP contribution is -2.57. The molecular formula is C21H24N2O3. The van der Waals surface area contributed by atoms with Gasteiger partial charge in [-0.3, -0.25) is 4.79 Å². The summed E-state index contributed by atoms with van der Waals surface area (Å²) in [7, 11) is 0. The number of ether oxygens (including phenoxy) is 2. The molecule has 2 unspecified atom stereocenters. The third-order valence-corrected chi connectivity index (χ3v) is 5.33. The number of carbonyl (C=O) groups excluding carboxylic acids is 1. The SMILES string of the molecule is CCOc1ccc(C(=O)Cc2ccc(C34CCC(CO3)NC4)cc2)cn1. The number of Topliss-reactive ketones (excluding diaryl/α,β-unsaturated/α-hetero) is 1. The van der Waals surface area contributed by atoms with E-state index in [9.17, 15) is 4.79 Å². The number of fused-ring (bicyclic) bond motifs is 3. The molecule has 5 heteroatoms. The van der Waals surface area contributed by atoms with E-state index < -0.39 is 0 Å². The largest absolute Gasteiger partial charge is 0.478 e. The zero-order chi connectivity index (χ0) is 18.0. The molecule has 2 bridgehead atoms. The number of benzene rings is 1. The summed E-state index contributed by atoms with van der Waals surface area (Å²) < 4.78 is 11.4. The molecule has 26 heavy (non-hydrogen) atoms. The van der Waals surface area contributed by atoms with Crippen LogP contribution < -0.4 is 10.1 Å². The first-order valence-electron chi connectivity index (χ1n) is 9.27. The highest BCUT2D eigenvalue weighted by Gasteiger charge is 2.42. The predicted molar refractivity (Wildman–Crippen MR) is 98.5 cm³/mol. The summed E-state index contributed by atoms with van der Waals surface area (Å²) in [5.74, 6) is 0.603. The molecule has 4 heterocycles. The second-order valence-electron chi connectivity index (χ2n) is 7.04. The smallest absolute Gasteiger partial charge is 0.213 e. The van der Waals surface area contributed by atoms with Crippen LogP contribution in [0, 0.1) is 0 Å². The molecule has 2 atom stereocenters. The maximum absolute atomic E-state index is 12.5. The Labute approximate surface area is 153 Å². The highest BCUT2D eigenvalue weighted by atomic mass is 16.5. The van der Waals surface area contributed by atoms with Crippen LogP contribution in [0.25, 0.3) is 0 Å². The van der Waals surface area contributed by atoms with Gasteiger partial charge < -0.3 is 14.8 Å². The summed E-state index contributed by atoms with van der Waals surface area (Å²) in [6.07, 6.45) is 4.16. The molecule has 0 aliphatic carbocycles. The molecule has 2 aromatic rings. The number of morpholine rings is 1. The van der Waals surface area contributed by atoms with Crippen LogP contribution >= 0.6 is 0 Å². The molecule has 1 aromatic carbocycles. The Kier molecular flexibility index (Phi) is 4.74. The van der Waals surface area contributed by atoms with Gasteiger partial charge in [-0.25, -0.2) is 4.98 Å². The molecular weight excluding hydrogens is 328 g/mol. The molecule has 136 valence electrons. The molecule has 5 nitrogen and oxygen atoms in total. The first-order valence-corrected chi connectivity index (χ1v) is 9.27. The van der Waals surface area contributed by atoms with Crippen molar-refractivity contribution in [2.45, 2.75) is 37.8 Å². The van der Waals surface area contributed by atoms with Crippen LogP contribution in [-0.2, 0) is 16.8 Å². The van der Waals surface area contributed by atoms with E-state index in [0.29, 0.717) is 30.5 Å². The summed E-state index contributed by atoms with van der Waals surface area (Å²) in [5, 5.41) is 3.54. The predicted octanol–water partition coefficient (Wildman–Crippen LogP) is 2.88. The Bertz CT molecular complexity index is 749. The molecule has 0 amide bonds. The highest BCUT2D eigenvalue weighted by molar-refractivity contribution is 5.97. The fraction of sp³-hybridized carbons (Fsp3) is 0.429. The fourth-order valence-corrected chi connectivity index (χ4v) is 3.75. The molecule has 3 fully saturated rings. The molecule has 1 aromatic heterocycles. The van der Waals surface area contributed by atoms with Gasteiger partial charge in [0.2, 0.25) is 5.88 Å². The van der Waals surface area contributed by atoms with Gasteiger partial charge in [-0.2, -0.15) is 0 Å². The van der Waals surface area contributed by atoms with Gasteiger partial charge >= 0.3 is 0 Å². The second kappa shape index (κ2) is 7.17. The minimum atomic E-state index is -0.198. The molecule has 0 radical (unpaired) electrons. The van der Waals surface area contributed by atoms with Crippen LogP contribution in [-0.4, -0.2) is 36.6 Å².